The molecule has 4 heteroatoms. The van der Waals surface area contributed by atoms with Crippen LogP contribution in [-0.2, 0) is 17.8 Å². The molecule has 3 nitrogen and oxygen atoms in total. The van der Waals surface area contributed by atoms with Crippen LogP contribution in [0.4, 0.5) is 9.18 Å². The molecule has 0 spiro atoms. The van der Waals surface area contributed by atoms with Crippen molar-refractivity contribution >= 4 is 6.09 Å². The van der Waals surface area contributed by atoms with E-state index in [-0.39, 0.29) is 11.9 Å². The van der Waals surface area contributed by atoms with Crippen LogP contribution in [0.5, 0.6) is 0 Å². The number of benzene rings is 1. The Morgan fingerprint density at radius 2 is 1.94 bits per heavy atom. The van der Waals surface area contributed by atoms with Crippen LogP contribution >= 0.6 is 0 Å². The lowest BCUT2D eigenvalue weighted by molar-refractivity contribution is 0.0242. The number of nitrogens with zero attached hydrogens (tertiary/aromatic N) is 1. The molecule has 0 radical (unpaired) electrons. The van der Waals surface area contributed by atoms with Crippen LogP contribution in [0.2, 0.25) is 0 Å². The van der Waals surface area contributed by atoms with E-state index in [1.165, 1.54) is 12.1 Å². The largest absolute Gasteiger partial charge is 0.444 e. The lowest BCUT2D eigenvalue weighted by Crippen LogP contribution is -2.33. The highest BCUT2D eigenvalue weighted by atomic mass is 19.1. The van der Waals surface area contributed by atoms with Gasteiger partial charge in [0.05, 0.1) is 0 Å². The first-order valence-electron chi connectivity index (χ1n) is 5.60. The van der Waals surface area contributed by atoms with Gasteiger partial charge in [-0.1, -0.05) is 6.07 Å². The van der Waals surface area contributed by atoms with Gasteiger partial charge in [0.1, 0.15) is 11.4 Å². The van der Waals surface area contributed by atoms with Gasteiger partial charge in [-0.2, -0.15) is 0 Å². The number of fused-ring (bicyclic) bond motifs is 1. The lowest BCUT2D eigenvalue weighted by atomic mass is 10.1. The number of hydrogen-bond donors (Lipinski definition) is 0. The van der Waals surface area contributed by atoms with Gasteiger partial charge in [-0.05, 0) is 44.0 Å². The average Bonchev–Trinajstić information content (AvgIpc) is 2.57. The van der Waals surface area contributed by atoms with E-state index < -0.39 is 5.60 Å². The quantitative estimate of drug-likeness (QED) is 0.694. The van der Waals surface area contributed by atoms with Crippen LogP contribution in [0.15, 0.2) is 18.2 Å². The topological polar surface area (TPSA) is 29.5 Å². The molecule has 1 heterocycles. The third-order valence-electron chi connectivity index (χ3n) is 2.54. The monoisotopic (exact) mass is 237 g/mol. The fourth-order valence-corrected chi connectivity index (χ4v) is 1.82. The summed E-state index contributed by atoms with van der Waals surface area (Å²) in [6.45, 7) is 6.39. The van der Waals surface area contributed by atoms with Crippen LogP contribution in [0.25, 0.3) is 0 Å². The molecule has 1 aliphatic rings. The molecule has 0 saturated carbocycles. The molecule has 0 atom stereocenters. The van der Waals surface area contributed by atoms with E-state index in [1.54, 1.807) is 11.0 Å². The van der Waals surface area contributed by atoms with Crippen LogP contribution in [0.3, 0.4) is 0 Å². The first-order chi connectivity index (χ1) is 7.85. The number of amides is 1. The second-order valence-corrected chi connectivity index (χ2v) is 5.25. The normalized spacial score (nSPS) is 14.7. The molecule has 92 valence electrons. The molecule has 0 unspecified atom stereocenters. The fourth-order valence-electron chi connectivity index (χ4n) is 1.82. The zero-order chi connectivity index (χ0) is 12.6. The summed E-state index contributed by atoms with van der Waals surface area (Å²) in [5.41, 5.74) is 1.34. The van der Waals surface area contributed by atoms with Crippen LogP contribution < -0.4 is 0 Å². The van der Waals surface area contributed by atoms with Gasteiger partial charge in [-0.25, -0.2) is 9.18 Å². The van der Waals surface area contributed by atoms with E-state index in [1.807, 2.05) is 20.8 Å². The second kappa shape index (κ2) is 4.02. The molecular weight excluding hydrogens is 221 g/mol. The molecular formula is C13H16FNO2. The van der Waals surface area contributed by atoms with Crippen molar-refractivity contribution in [1.82, 2.24) is 4.90 Å². The summed E-state index contributed by atoms with van der Waals surface area (Å²) in [5.74, 6) is -0.269. The molecule has 17 heavy (non-hydrogen) atoms. The SMILES string of the molecule is CC(C)(C)OC(=O)N1Cc2ccc(F)cc2C1. The third-order valence-corrected chi connectivity index (χ3v) is 2.54. The van der Waals surface area contributed by atoms with Gasteiger partial charge in [0, 0.05) is 13.1 Å². The molecule has 2 rings (SSSR count). The van der Waals surface area contributed by atoms with E-state index in [4.69, 9.17) is 4.74 Å². The number of ether oxygens (including phenoxy) is 1. The summed E-state index contributed by atoms with van der Waals surface area (Å²) in [7, 11) is 0. The molecule has 0 bridgehead atoms. The minimum absolute atomic E-state index is 0.269. The van der Waals surface area contributed by atoms with Crippen molar-refractivity contribution in [2.75, 3.05) is 0 Å². The molecule has 0 aromatic heterocycles. The summed E-state index contributed by atoms with van der Waals surface area (Å²) in [6.07, 6.45) is -0.353. The van der Waals surface area contributed by atoms with Gasteiger partial charge in [-0.15, -0.1) is 0 Å². The Bertz CT molecular complexity index is 451. The van der Waals surface area contributed by atoms with Crippen LogP contribution in [0.1, 0.15) is 31.9 Å². The zero-order valence-electron chi connectivity index (χ0n) is 10.3. The highest BCUT2D eigenvalue weighted by Crippen LogP contribution is 2.25. The average molecular weight is 237 g/mol. The Morgan fingerprint density at radius 3 is 2.59 bits per heavy atom. The van der Waals surface area contributed by atoms with Crippen molar-refractivity contribution in [1.29, 1.82) is 0 Å². The fraction of sp³-hybridized carbons (Fsp3) is 0.462. The molecule has 0 aliphatic carbocycles. The summed E-state index contributed by atoms with van der Waals surface area (Å²) < 4.78 is 18.3. The van der Waals surface area contributed by atoms with E-state index in [0.717, 1.165) is 11.1 Å². The van der Waals surface area contributed by atoms with E-state index in [0.29, 0.717) is 13.1 Å². The number of carbonyl (C=O) groups is 1. The maximum atomic E-state index is 13.0. The first-order valence-corrected chi connectivity index (χ1v) is 5.60. The predicted octanol–water partition coefficient (Wildman–Crippen LogP) is 3.08. The van der Waals surface area contributed by atoms with Crippen molar-refractivity contribution < 1.29 is 13.9 Å². The van der Waals surface area contributed by atoms with Crippen molar-refractivity contribution in [3.05, 3.63) is 35.1 Å². The van der Waals surface area contributed by atoms with E-state index >= 15 is 0 Å². The highest BCUT2D eigenvalue weighted by Gasteiger charge is 2.27. The summed E-state index contributed by atoms with van der Waals surface area (Å²) in [4.78, 5) is 13.4. The van der Waals surface area contributed by atoms with Crippen molar-refractivity contribution in [2.24, 2.45) is 0 Å². The van der Waals surface area contributed by atoms with Crippen molar-refractivity contribution in [3.63, 3.8) is 0 Å². The highest BCUT2D eigenvalue weighted by molar-refractivity contribution is 5.69. The smallest absolute Gasteiger partial charge is 0.410 e. The molecule has 0 fully saturated rings. The Labute approximate surface area is 100 Å². The Balaban J connectivity index is 2.07. The van der Waals surface area contributed by atoms with Crippen molar-refractivity contribution in [3.8, 4) is 0 Å². The van der Waals surface area contributed by atoms with E-state index in [2.05, 4.69) is 0 Å². The number of hydrogen-bond acceptors (Lipinski definition) is 2. The predicted molar refractivity (Wildman–Crippen MR) is 61.9 cm³/mol. The molecule has 0 saturated heterocycles. The zero-order valence-corrected chi connectivity index (χ0v) is 10.3. The molecule has 1 aromatic rings. The van der Waals surface area contributed by atoms with Gasteiger partial charge in [0.2, 0.25) is 0 Å². The van der Waals surface area contributed by atoms with Crippen LogP contribution in [-0.4, -0.2) is 16.6 Å². The maximum absolute atomic E-state index is 13.0. The van der Waals surface area contributed by atoms with Gasteiger partial charge in [-0.3, -0.25) is 4.90 Å². The standard InChI is InChI=1S/C13H16FNO2/c1-13(2,3)17-12(16)15-7-9-4-5-11(14)6-10(9)8-15/h4-6H,7-8H2,1-3H3. The molecule has 1 amide bonds. The maximum Gasteiger partial charge on any atom is 0.410 e. The lowest BCUT2D eigenvalue weighted by Gasteiger charge is -2.24. The minimum Gasteiger partial charge on any atom is -0.444 e. The Hall–Kier alpha value is -1.58. The van der Waals surface area contributed by atoms with Gasteiger partial charge >= 0.3 is 6.09 Å². The summed E-state index contributed by atoms with van der Waals surface area (Å²) in [5, 5.41) is 0. The number of halogens is 1. The molecule has 0 N–H and O–H groups in total. The van der Waals surface area contributed by atoms with Gasteiger partial charge < -0.3 is 4.74 Å². The number of carbonyl (C=O) groups excluding carboxylic acids is 1. The third kappa shape index (κ3) is 2.75. The van der Waals surface area contributed by atoms with Gasteiger partial charge in [0.15, 0.2) is 0 Å². The summed E-state index contributed by atoms with van der Waals surface area (Å²) >= 11 is 0. The summed E-state index contributed by atoms with van der Waals surface area (Å²) in [6, 6.07) is 4.60. The first kappa shape index (κ1) is 11.9. The van der Waals surface area contributed by atoms with Crippen molar-refractivity contribution in [2.45, 2.75) is 39.5 Å². The minimum atomic E-state index is -0.503. The Kier molecular flexibility index (Phi) is 2.81. The number of rotatable bonds is 0. The second-order valence-electron chi connectivity index (χ2n) is 5.25. The Morgan fingerprint density at radius 1 is 1.29 bits per heavy atom. The molecule has 1 aromatic carbocycles. The van der Waals surface area contributed by atoms with Crippen LogP contribution in [0, 0.1) is 5.82 Å². The van der Waals surface area contributed by atoms with E-state index in [9.17, 15) is 9.18 Å². The molecule has 1 aliphatic heterocycles. The van der Waals surface area contributed by atoms with Gasteiger partial charge in [0.25, 0.3) is 0 Å².